The maximum absolute atomic E-state index is 12.3. The molecule has 120 valence electrons. The van der Waals surface area contributed by atoms with Gasteiger partial charge in [0.2, 0.25) is 0 Å². The summed E-state index contributed by atoms with van der Waals surface area (Å²) in [7, 11) is 0. The molecule has 0 radical (unpaired) electrons. The third-order valence-electron chi connectivity index (χ3n) is 3.76. The normalized spacial score (nSPS) is 14.3. The lowest BCUT2D eigenvalue weighted by Gasteiger charge is -2.10. The molecule has 1 atom stereocenters. The Kier molecular flexibility index (Phi) is 4.00. The molecule has 0 unspecified atom stereocenters. The predicted molar refractivity (Wildman–Crippen MR) is 87.2 cm³/mol. The molecule has 0 aromatic heterocycles. The minimum atomic E-state index is -1.05. The molecule has 0 amide bonds. The van der Waals surface area contributed by atoms with Crippen molar-refractivity contribution in [1.29, 1.82) is 0 Å². The molecule has 5 nitrogen and oxygen atoms in total. The SMILES string of the molecule is C[C@@H](Oc1ccc(C=C2C(=O)c3ccccc3C2=O)cc1)C(=O)O. The third kappa shape index (κ3) is 2.84. The van der Waals surface area contributed by atoms with Crippen LogP contribution in [0.4, 0.5) is 0 Å². The summed E-state index contributed by atoms with van der Waals surface area (Å²) in [6.07, 6.45) is 0.580. The first kappa shape index (κ1) is 15.7. The second-order valence-electron chi connectivity index (χ2n) is 5.43. The van der Waals surface area contributed by atoms with E-state index in [2.05, 4.69) is 0 Å². The Bertz CT molecular complexity index is 825. The zero-order valence-electron chi connectivity index (χ0n) is 12.9. The molecule has 5 heteroatoms. The van der Waals surface area contributed by atoms with Gasteiger partial charge in [-0.15, -0.1) is 0 Å². The highest BCUT2D eigenvalue weighted by atomic mass is 16.5. The fourth-order valence-corrected chi connectivity index (χ4v) is 2.47. The average molecular weight is 322 g/mol. The lowest BCUT2D eigenvalue weighted by molar-refractivity contribution is -0.144. The topological polar surface area (TPSA) is 80.7 Å². The van der Waals surface area contributed by atoms with E-state index in [-0.39, 0.29) is 17.1 Å². The van der Waals surface area contributed by atoms with Gasteiger partial charge in [0.15, 0.2) is 17.7 Å². The van der Waals surface area contributed by atoms with Gasteiger partial charge in [0.25, 0.3) is 0 Å². The lowest BCUT2D eigenvalue weighted by Crippen LogP contribution is -2.22. The second kappa shape index (κ2) is 6.12. The number of hydrogen-bond donors (Lipinski definition) is 1. The fraction of sp³-hybridized carbons (Fsp3) is 0.105. The number of allylic oxidation sites excluding steroid dienone is 1. The molecule has 0 fully saturated rings. The fourth-order valence-electron chi connectivity index (χ4n) is 2.47. The Labute approximate surface area is 138 Å². The van der Waals surface area contributed by atoms with Crippen LogP contribution >= 0.6 is 0 Å². The van der Waals surface area contributed by atoms with Crippen molar-refractivity contribution >= 4 is 23.6 Å². The maximum Gasteiger partial charge on any atom is 0.344 e. The van der Waals surface area contributed by atoms with E-state index in [1.807, 2.05) is 0 Å². The molecule has 0 saturated carbocycles. The number of aliphatic carboxylic acids is 1. The van der Waals surface area contributed by atoms with Crippen LogP contribution in [-0.2, 0) is 4.79 Å². The van der Waals surface area contributed by atoms with Crippen molar-refractivity contribution < 1.29 is 24.2 Å². The Morgan fingerprint density at radius 2 is 1.54 bits per heavy atom. The van der Waals surface area contributed by atoms with Gasteiger partial charge in [-0.05, 0) is 30.7 Å². The van der Waals surface area contributed by atoms with Crippen molar-refractivity contribution in [3.05, 3.63) is 70.8 Å². The Balaban J connectivity index is 1.84. The van der Waals surface area contributed by atoms with Crippen molar-refractivity contribution in [2.24, 2.45) is 0 Å². The van der Waals surface area contributed by atoms with Gasteiger partial charge in [0, 0.05) is 11.1 Å². The standard InChI is InChI=1S/C19H14O5/c1-11(19(22)23)24-13-8-6-12(7-9-13)10-16-17(20)14-4-2-3-5-15(14)18(16)21/h2-11H,1H3,(H,22,23)/t11-/m1/s1. The van der Waals surface area contributed by atoms with E-state index in [1.54, 1.807) is 48.5 Å². The molecule has 0 bridgehead atoms. The number of Topliss-reactive ketones (excluding diaryl/α,β-unsaturated/α-hetero) is 2. The summed E-state index contributed by atoms with van der Waals surface area (Å²) < 4.78 is 5.24. The Morgan fingerprint density at radius 3 is 2.04 bits per heavy atom. The van der Waals surface area contributed by atoms with Crippen molar-refractivity contribution in [2.75, 3.05) is 0 Å². The highest BCUT2D eigenvalue weighted by Gasteiger charge is 2.32. The molecule has 0 aliphatic heterocycles. The highest BCUT2D eigenvalue weighted by Crippen LogP contribution is 2.28. The van der Waals surface area contributed by atoms with Crippen LogP contribution in [0.1, 0.15) is 33.2 Å². The number of rotatable bonds is 4. The van der Waals surface area contributed by atoms with Gasteiger partial charge in [-0.1, -0.05) is 36.4 Å². The summed E-state index contributed by atoms with van der Waals surface area (Å²) in [6.45, 7) is 1.44. The number of ketones is 2. The van der Waals surface area contributed by atoms with E-state index in [1.165, 1.54) is 13.0 Å². The van der Waals surface area contributed by atoms with E-state index < -0.39 is 12.1 Å². The van der Waals surface area contributed by atoms with Crippen LogP contribution in [0.3, 0.4) is 0 Å². The van der Waals surface area contributed by atoms with Crippen LogP contribution < -0.4 is 4.74 Å². The van der Waals surface area contributed by atoms with Gasteiger partial charge in [0.1, 0.15) is 5.75 Å². The Hall–Kier alpha value is -3.21. The van der Waals surface area contributed by atoms with Gasteiger partial charge in [0.05, 0.1) is 5.57 Å². The predicted octanol–water partition coefficient (Wildman–Crippen LogP) is 3.00. The highest BCUT2D eigenvalue weighted by molar-refractivity contribution is 6.41. The third-order valence-corrected chi connectivity index (χ3v) is 3.76. The first-order valence-electron chi connectivity index (χ1n) is 7.37. The number of benzene rings is 2. The second-order valence-corrected chi connectivity index (χ2v) is 5.43. The van der Waals surface area contributed by atoms with Crippen molar-refractivity contribution in [3.8, 4) is 5.75 Å². The molecule has 1 N–H and O–H groups in total. The summed E-state index contributed by atoms with van der Waals surface area (Å²) >= 11 is 0. The van der Waals surface area contributed by atoms with E-state index in [0.717, 1.165) is 0 Å². The summed E-state index contributed by atoms with van der Waals surface area (Å²) in [5, 5.41) is 8.82. The monoisotopic (exact) mass is 322 g/mol. The van der Waals surface area contributed by atoms with Crippen LogP contribution in [-0.4, -0.2) is 28.7 Å². The largest absolute Gasteiger partial charge is 0.479 e. The first-order valence-corrected chi connectivity index (χ1v) is 7.37. The maximum atomic E-state index is 12.3. The molecule has 1 aliphatic carbocycles. The van der Waals surface area contributed by atoms with Crippen molar-refractivity contribution in [3.63, 3.8) is 0 Å². The van der Waals surface area contributed by atoms with E-state index in [4.69, 9.17) is 9.84 Å². The van der Waals surface area contributed by atoms with Crippen LogP contribution in [0.25, 0.3) is 6.08 Å². The van der Waals surface area contributed by atoms with Gasteiger partial charge in [-0.2, -0.15) is 0 Å². The van der Waals surface area contributed by atoms with Crippen LogP contribution in [0.15, 0.2) is 54.1 Å². The Morgan fingerprint density at radius 1 is 1.00 bits per heavy atom. The molecular formula is C19H14O5. The van der Waals surface area contributed by atoms with Crippen LogP contribution in [0, 0.1) is 0 Å². The first-order chi connectivity index (χ1) is 11.5. The number of carbonyl (C=O) groups is 3. The van der Waals surface area contributed by atoms with Gasteiger partial charge >= 0.3 is 5.97 Å². The summed E-state index contributed by atoms with van der Waals surface area (Å²) in [5.74, 6) is -1.22. The minimum absolute atomic E-state index is 0.128. The number of hydrogen-bond acceptors (Lipinski definition) is 4. The van der Waals surface area contributed by atoms with Crippen LogP contribution in [0.5, 0.6) is 5.75 Å². The molecule has 24 heavy (non-hydrogen) atoms. The average Bonchev–Trinajstić information content (AvgIpc) is 2.82. The molecule has 0 heterocycles. The lowest BCUT2D eigenvalue weighted by atomic mass is 10.1. The smallest absolute Gasteiger partial charge is 0.344 e. The molecule has 2 aromatic rings. The van der Waals surface area contributed by atoms with E-state index in [9.17, 15) is 14.4 Å². The van der Waals surface area contributed by atoms with Gasteiger partial charge in [-0.25, -0.2) is 4.79 Å². The van der Waals surface area contributed by atoms with Crippen molar-refractivity contribution in [2.45, 2.75) is 13.0 Å². The molecule has 0 saturated heterocycles. The molecule has 1 aliphatic rings. The zero-order valence-corrected chi connectivity index (χ0v) is 12.9. The molecule has 0 spiro atoms. The molecular weight excluding hydrogens is 308 g/mol. The quantitative estimate of drug-likeness (QED) is 0.691. The van der Waals surface area contributed by atoms with Gasteiger partial charge < -0.3 is 9.84 Å². The summed E-state index contributed by atoms with van der Waals surface area (Å²) in [5.41, 5.74) is 1.63. The number of ether oxygens (including phenoxy) is 1. The zero-order chi connectivity index (χ0) is 17.3. The summed E-state index contributed by atoms with van der Waals surface area (Å²) in [4.78, 5) is 35.4. The minimum Gasteiger partial charge on any atom is -0.479 e. The summed E-state index contributed by atoms with van der Waals surface area (Å²) in [6, 6.07) is 13.3. The molecule has 2 aromatic carbocycles. The number of carboxylic acids is 1. The van der Waals surface area contributed by atoms with E-state index >= 15 is 0 Å². The van der Waals surface area contributed by atoms with E-state index in [0.29, 0.717) is 22.4 Å². The van der Waals surface area contributed by atoms with Crippen LogP contribution in [0.2, 0.25) is 0 Å². The number of carbonyl (C=O) groups excluding carboxylic acids is 2. The van der Waals surface area contributed by atoms with Crippen molar-refractivity contribution in [1.82, 2.24) is 0 Å². The number of fused-ring (bicyclic) bond motifs is 1. The molecule has 3 rings (SSSR count). The number of carboxylic acid groups (broad SMARTS) is 1. The van der Waals surface area contributed by atoms with Gasteiger partial charge in [-0.3, -0.25) is 9.59 Å².